The largest absolute Gasteiger partial charge is 0.353 e. The van der Waals surface area contributed by atoms with Crippen LogP contribution in [0.3, 0.4) is 0 Å². The van der Waals surface area contributed by atoms with E-state index in [0.29, 0.717) is 5.69 Å². The predicted octanol–water partition coefficient (Wildman–Crippen LogP) is 3.27. The Bertz CT molecular complexity index is 645. The number of rotatable bonds is 3. The maximum Gasteiger partial charge on any atom is 0.322 e. The highest BCUT2D eigenvalue weighted by Crippen LogP contribution is 2.35. The minimum atomic E-state index is -0.318. The number of anilines is 1. The van der Waals surface area contributed by atoms with Crippen molar-refractivity contribution in [1.82, 2.24) is 10.2 Å². The number of carbonyl (C=O) groups is 2. The Hall–Kier alpha value is -2.11. The molecule has 0 aromatic heterocycles. The molecular weight excluding hydrogens is 321 g/mol. The molecule has 3 aliphatic rings. The number of nitrogens with one attached hydrogen (secondary N) is 2. The fraction of sp³-hybridized carbons (Fsp3) is 0.579. The van der Waals surface area contributed by atoms with Crippen LogP contribution in [0.1, 0.15) is 44.9 Å². The molecule has 2 atom stereocenters. The topological polar surface area (TPSA) is 61.4 Å². The van der Waals surface area contributed by atoms with Crippen LogP contribution in [0.5, 0.6) is 0 Å². The van der Waals surface area contributed by atoms with Crippen molar-refractivity contribution in [3.63, 3.8) is 0 Å². The van der Waals surface area contributed by atoms with E-state index in [1.54, 1.807) is 12.1 Å². The van der Waals surface area contributed by atoms with Crippen LogP contribution in [0.25, 0.3) is 0 Å². The number of nitrogens with zero attached hydrogens (tertiary/aromatic N) is 1. The number of amides is 3. The third-order valence-electron chi connectivity index (χ3n) is 5.60. The Morgan fingerprint density at radius 3 is 2.24 bits per heavy atom. The number of halogens is 1. The number of carbonyl (C=O) groups excluding carboxylic acids is 2. The fourth-order valence-electron chi connectivity index (χ4n) is 4.22. The van der Waals surface area contributed by atoms with Gasteiger partial charge in [0.05, 0.1) is 0 Å². The monoisotopic (exact) mass is 345 g/mol. The van der Waals surface area contributed by atoms with Crippen molar-refractivity contribution in [2.75, 3.05) is 5.32 Å². The molecule has 3 amide bonds. The van der Waals surface area contributed by atoms with Gasteiger partial charge in [-0.05, 0) is 69.2 Å². The van der Waals surface area contributed by atoms with E-state index in [1.807, 2.05) is 4.90 Å². The van der Waals surface area contributed by atoms with Crippen LogP contribution in [0.4, 0.5) is 14.9 Å². The third kappa shape index (κ3) is 3.62. The summed E-state index contributed by atoms with van der Waals surface area (Å²) in [5.74, 6) is 0.0917. The second-order valence-electron chi connectivity index (χ2n) is 7.53. The van der Waals surface area contributed by atoms with Gasteiger partial charge in [-0.1, -0.05) is 0 Å². The number of fused-ring (bicyclic) bond motifs is 2. The van der Waals surface area contributed by atoms with E-state index < -0.39 is 0 Å². The van der Waals surface area contributed by atoms with Crippen LogP contribution in [-0.4, -0.2) is 35.0 Å². The molecule has 6 heteroatoms. The summed E-state index contributed by atoms with van der Waals surface area (Å²) in [6.07, 6.45) is 6.75. The van der Waals surface area contributed by atoms with Crippen molar-refractivity contribution in [3.8, 4) is 0 Å². The molecule has 0 radical (unpaired) electrons. The van der Waals surface area contributed by atoms with Crippen LogP contribution in [0.2, 0.25) is 0 Å². The SMILES string of the molecule is O=C(NC1C[C@H]2CCC[C@H](C1)N2C(=O)Nc1ccc(F)cc1)C1CC1. The van der Waals surface area contributed by atoms with E-state index in [2.05, 4.69) is 10.6 Å². The van der Waals surface area contributed by atoms with Gasteiger partial charge < -0.3 is 15.5 Å². The molecule has 2 bridgehead atoms. The first kappa shape index (κ1) is 16.4. The number of benzene rings is 1. The molecule has 3 fully saturated rings. The van der Waals surface area contributed by atoms with Crippen LogP contribution < -0.4 is 10.6 Å². The van der Waals surface area contributed by atoms with Gasteiger partial charge in [0.1, 0.15) is 5.82 Å². The summed E-state index contributed by atoms with van der Waals surface area (Å²) >= 11 is 0. The molecular formula is C19H24FN3O2. The lowest BCUT2D eigenvalue weighted by Crippen LogP contribution is -2.59. The zero-order chi connectivity index (χ0) is 17.4. The summed E-state index contributed by atoms with van der Waals surface area (Å²) in [7, 11) is 0. The molecule has 1 aromatic rings. The lowest BCUT2D eigenvalue weighted by molar-refractivity contribution is -0.123. The molecule has 0 unspecified atom stereocenters. The van der Waals surface area contributed by atoms with Crippen molar-refractivity contribution in [1.29, 1.82) is 0 Å². The summed E-state index contributed by atoms with van der Waals surface area (Å²) < 4.78 is 13.0. The van der Waals surface area contributed by atoms with Gasteiger partial charge in [0.15, 0.2) is 0 Å². The Kier molecular flexibility index (Phi) is 4.36. The first-order chi connectivity index (χ1) is 12.1. The van der Waals surface area contributed by atoms with Gasteiger partial charge in [-0.15, -0.1) is 0 Å². The number of hydrogen-bond acceptors (Lipinski definition) is 2. The fourth-order valence-corrected chi connectivity index (χ4v) is 4.22. The second-order valence-corrected chi connectivity index (χ2v) is 7.53. The van der Waals surface area contributed by atoms with Gasteiger partial charge in [0, 0.05) is 29.7 Å². The first-order valence-corrected chi connectivity index (χ1v) is 9.25. The van der Waals surface area contributed by atoms with Crippen LogP contribution in [-0.2, 0) is 4.79 Å². The molecule has 134 valence electrons. The minimum Gasteiger partial charge on any atom is -0.353 e. The molecule has 25 heavy (non-hydrogen) atoms. The summed E-state index contributed by atoms with van der Waals surface area (Å²) in [4.78, 5) is 26.7. The summed E-state index contributed by atoms with van der Waals surface area (Å²) in [6.45, 7) is 0. The highest BCUT2D eigenvalue weighted by molar-refractivity contribution is 5.90. The molecule has 1 saturated carbocycles. The maximum atomic E-state index is 13.0. The van der Waals surface area contributed by atoms with E-state index in [0.717, 1.165) is 44.9 Å². The zero-order valence-electron chi connectivity index (χ0n) is 14.2. The summed E-state index contributed by atoms with van der Waals surface area (Å²) in [5, 5.41) is 6.07. The van der Waals surface area contributed by atoms with Crippen LogP contribution in [0, 0.1) is 11.7 Å². The standard InChI is InChI=1S/C19H24FN3O2/c20-13-6-8-14(9-7-13)22-19(25)23-16-2-1-3-17(23)11-15(10-16)21-18(24)12-4-5-12/h6-9,12,15-17H,1-5,10-11H2,(H,21,24)(H,22,25)/t16-,17-/m1/s1. The molecule has 2 heterocycles. The van der Waals surface area contributed by atoms with Crippen molar-refractivity contribution in [3.05, 3.63) is 30.1 Å². The maximum absolute atomic E-state index is 13.0. The van der Waals surface area contributed by atoms with E-state index in [1.165, 1.54) is 12.1 Å². The van der Waals surface area contributed by atoms with E-state index in [-0.39, 0.29) is 41.8 Å². The van der Waals surface area contributed by atoms with Gasteiger partial charge in [0.25, 0.3) is 0 Å². The molecule has 2 saturated heterocycles. The van der Waals surface area contributed by atoms with Crippen molar-refractivity contribution >= 4 is 17.6 Å². The van der Waals surface area contributed by atoms with Gasteiger partial charge in [-0.3, -0.25) is 4.79 Å². The Labute approximate surface area is 147 Å². The first-order valence-electron chi connectivity index (χ1n) is 9.25. The second kappa shape index (κ2) is 6.65. The van der Waals surface area contributed by atoms with E-state index in [9.17, 15) is 14.0 Å². The highest BCUT2D eigenvalue weighted by atomic mass is 19.1. The van der Waals surface area contributed by atoms with Gasteiger partial charge >= 0.3 is 6.03 Å². The number of urea groups is 1. The van der Waals surface area contributed by atoms with Crippen LogP contribution >= 0.6 is 0 Å². The molecule has 0 spiro atoms. The Balaban J connectivity index is 1.40. The van der Waals surface area contributed by atoms with Crippen molar-refractivity contribution in [2.45, 2.75) is 63.1 Å². The average Bonchev–Trinajstić information content (AvgIpc) is 3.41. The molecule has 1 aromatic carbocycles. The molecule has 4 rings (SSSR count). The predicted molar refractivity (Wildman–Crippen MR) is 92.6 cm³/mol. The lowest BCUT2D eigenvalue weighted by atomic mass is 9.82. The smallest absolute Gasteiger partial charge is 0.322 e. The quantitative estimate of drug-likeness (QED) is 0.883. The molecule has 2 aliphatic heterocycles. The van der Waals surface area contributed by atoms with E-state index in [4.69, 9.17) is 0 Å². The average molecular weight is 345 g/mol. The van der Waals surface area contributed by atoms with Gasteiger partial charge in [-0.2, -0.15) is 0 Å². The molecule has 1 aliphatic carbocycles. The lowest BCUT2D eigenvalue weighted by Gasteiger charge is -2.48. The molecule has 5 nitrogen and oxygen atoms in total. The van der Waals surface area contributed by atoms with Gasteiger partial charge in [-0.25, -0.2) is 9.18 Å². The van der Waals surface area contributed by atoms with Crippen LogP contribution in [0.15, 0.2) is 24.3 Å². The van der Waals surface area contributed by atoms with Crippen molar-refractivity contribution in [2.24, 2.45) is 5.92 Å². The molecule has 2 N–H and O–H groups in total. The van der Waals surface area contributed by atoms with Crippen molar-refractivity contribution < 1.29 is 14.0 Å². The number of hydrogen-bond donors (Lipinski definition) is 2. The number of piperidine rings is 2. The normalized spacial score (nSPS) is 28.4. The highest BCUT2D eigenvalue weighted by Gasteiger charge is 2.42. The third-order valence-corrected chi connectivity index (χ3v) is 5.60. The van der Waals surface area contributed by atoms with Gasteiger partial charge in [0.2, 0.25) is 5.91 Å². The Morgan fingerprint density at radius 2 is 1.64 bits per heavy atom. The Morgan fingerprint density at radius 1 is 1.00 bits per heavy atom. The van der Waals surface area contributed by atoms with E-state index >= 15 is 0 Å². The summed E-state index contributed by atoms with van der Waals surface area (Å²) in [5.41, 5.74) is 0.605. The summed E-state index contributed by atoms with van der Waals surface area (Å²) in [6, 6.07) is 6.23. The minimum absolute atomic E-state index is 0.117. The zero-order valence-corrected chi connectivity index (χ0v) is 14.2.